The molecule has 0 spiro atoms. The number of nitrogens with one attached hydrogen (secondary N) is 1. The molecule has 0 aliphatic heterocycles. The van der Waals surface area contributed by atoms with E-state index in [2.05, 4.69) is 17.2 Å². The summed E-state index contributed by atoms with van der Waals surface area (Å²) in [5.74, 6) is -0.452. The molecule has 4 nitrogen and oxygen atoms in total. The highest BCUT2D eigenvalue weighted by Crippen LogP contribution is 2.25. The lowest BCUT2D eigenvalue weighted by atomic mass is 10.1. The number of nitrogens with zero attached hydrogens (tertiary/aromatic N) is 2. The number of hydrogen-bond donors (Lipinski definition) is 1. The van der Waals surface area contributed by atoms with Crippen LogP contribution in [-0.2, 0) is 11.2 Å². The maximum Gasteiger partial charge on any atom is 0.228 e. The van der Waals surface area contributed by atoms with Gasteiger partial charge in [0.25, 0.3) is 0 Å². The minimum Gasteiger partial charge on any atom is -0.326 e. The zero-order chi connectivity index (χ0) is 18.1. The van der Waals surface area contributed by atoms with Crippen LogP contribution in [0.3, 0.4) is 0 Å². The lowest BCUT2D eigenvalue weighted by Crippen LogP contribution is -2.14. The number of benzene rings is 2. The second-order valence-corrected chi connectivity index (χ2v) is 7.30. The van der Waals surface area contributed by atoms with Crippen molar-refractivity contribution in [1.82, 2.24) is 9.38 Å². The molecule has 4 rings (SSSR count). The number of rotatable bonds is 4. The topological polar surface area (TPSA) is 46.4 Å². The predicted molar refractivity (Wildman–Crippen MR) is 102 cm³/mol. The van der Waals surface area contributed by atoms with Crippen molar-refractivity contribution in [3.8, 4) is 11.3 Å². The Balaban J connectivity index is 1.50. The van der Waals surface area contributed by atoms with Crippen LogP contribution in [0.4, 0.5) is 10.1 Å². The Labute approximate surface area is 153 Å². The quantitative estimate of drug-likeness (QED) is 0.570. The third-order valence-electron chi connectivity index (χ3n) is 3.99. The molecule has 6 heteroatoms. The molecule has 1 N–H and O–H groups in total. The van der Waals surface area contributed by atoms with Crippen LogP contribution in [0.15, 0.2) is 60.9 Å². The van der Waals surface area contributed by atoms with E-state index in [1.807, 2.05) is 41.1 Å². The summed E-state index contributed by atoms with van der Waals surface area (Å²) in [5.41, 5.74) is 3.29. The van der Waals surface area contributed by atoms with E-state index in [1.165, 1.54) is 17.0 Å². The Morgan fingerprint density at radius 3 is 2.77 bits per heavy atom. The van der Waals surface area contributed by atoms with Crippen molar-refractivity contribution in [2.75, 3.05) is 5.32 Å². The van der Waals surface area contributed by atoms with Gasteiger partial charge in [-0.15, -0.1) is 11.3 Å². The number of carbonyl (C=O) groups is 1. The molecule has 0 unspecified atom stereocenters. The normalized spacial score (nSPS) is 11.0. The minimum absolute atomic E-state index is 0.143. The number of amides is 1. The van der Waals surface area contributed by atoms with Gasteiger partial charge in [0.05, 0.1) is 12.1 Å². The van der Waals surface area contributed by atoms with Gasteiger partial charge >= 0.3 is 0 Å². The first-order valence-corrected chi connectivity index (χ1v) is 8.98. The zero-order valence-electron chi connectivity index (χ0n) is 14.1. The summed E-state index contributed by atoms with van der Waals surface area (Å²) < 4.78 is 15.0. The molecule has 1 amide bonds. The van der Waals surface area contributed by atoms with Gasteiger partial charge < -0.3 is 5.32 Å². The molecular weight excluding hydrogens is 349 g/mol. The fraction of sp³-hybridized carbons (Fsp3) is 0.100. The molecule has 2 aromatic heterocycles. The maximum atomic E-state index is 12.9. The van der Waals surface area contributed by atoms with Crippen LogP contribution in [0.25, 0.3) is 16.2 Å². The van der Waals surface area contributed by atoms with Gasteiger partial charge in [-0.25, -0.2) is 9.37 Å². The third-order valence-corrected chi connectivity index (χ3v) is 4.90. The molecule has 0 atom stereocenters. The van der Waals surface area contributed by atoms with E-state index in [4.69, 9.17) is 0 Å². The number of thiazole rings is 1. The molecule has 0 aliphatic rings. The average molecular weight is 365 g/mol. The Morgan fingerprint density at radius 2 is 2.00 bits per heavy atom. The fourth-order valence-electron chi connectivity index (χ4n) is 2.80. The Bertz CT molecular complexity index is 1050. The van der Waals surface area contributed by atoms with E-state index >= 15 is 0 Å². The van der Waals surface area contributed by atoms with Crippen LogP contribution >= 0.6 is 11.3 Å². The first kappa shape index (κ1) is 16.5. The lowest BCUT2D eigenvalue weighted by molar-refractivity contribution is -0.115. The van der Waals surface area contributed by atoms with Crippen molar-refractivity contribution in [1.29, 1.82) is 0 Å². The molecule has 0 bridgehead atoms. The van der Waals surface area contributed by atoms with Crippen molar-refractivity contribution in [3.05, 3.63) is 77.2 Å². The summed E-state index contributed by atoms with van der Waals surface area (Å²) in [6.45, 7) is 2.05. The second kappa shape index (κ2) is 6.72. The monoisotopic (exact) mass is 365 g/mol. The van der Waals surface area contributed by atoms with Gasteiger partial charge in [0.1, 0.15) is 5.82 Å². The van der Waals surface area contributed by atoms with Gasteiger partial charge in [-0.3, -0.25) is 9.20 Å². The van der Waals surface area contributed by atoms with Crippen LogP contribution < -0.4 is 5.32 Å². The third kappa shape index (κ3) is 3.50. The first-order valence-electron chi connectivity index (χ1n) is 8.17. The van der Waals surface area contributed by atoms with Crippen LogP contribution in [0.2, 0.25) is 0 Å². The van der Waals surface area contributed by atoms with Crippen LogP contribution in [0.1, 0.15) is 10.4 Å². The number of fused-ring (bicyclic) bond motifs is 1. The van der Waals surface area contributed by atoms with Crippen LogP contribution in [0, 0.1) is 12.7 Å². The van der Waals surface area contributed by atoms with Crippen molar-refractivity contribution < 1.29 is 9.18 Å². The first-order chi connectivity index (χ1) is 12.6. The lowest BCUT2D eigenvalue weighted by Gasteiger charge is -2.07. The highest BCUT2D eigenvalue weighted by atomic mass is 32.1. The number of carbonyl (C=O) groups excluding carboxylic acids is 1. The van der Waals surface area contributed by atoms with Gasteiger partial charge in [0, 0.05) is 28.5 Å². The summed E-state index contributed by atoms with van der Waals surface area (Å²) in [4.78, 5) is 19.0. The highest BCUT2D eigenvalue weighted by molar-refractivity contribution is 7.17. The SMILES string of the molecule is Cc1cn2cc(-c3cccc(NC(=O)Cc4ccc(F)cc4)c3)nc2s1. The van der Waals surface area contributed by atoms with Crippen molar-refractivity contribution >= 4 is 27.9 Å². The van der Waals surface area contributed by atoms with Crippen molar-refractivity contribution in [2.45, 2.75) is 13.3 Å². The van der Waals surface area contributed by atoms with Gasteiger partial charge in [-0.1, -0.05) is 24.3 Å². The van der Waals surface area contributed by atoms with Gasteiger partial charge in [0.2, 0.25) is 5.91 Å². The molecule has 0 saturated carbocycles. The zero-order valence-corrected chi connectivity index (χ0v) is 14.9. The van der Waals surface area contributed by atoms with Crippen LogP contribution in [-0.4, -0.2) is 15.3 Å². The second-order valence-electron chi connectivity index (χ2n) is 6.09. The van der Waals surface area contributed by atoms with Crippen molar-refractivity contribution in [2.24, 2.45) is 0 Å². The van der Waals surface area contributed by atoms with Crippen LogP contribution in [0.5, 0.6) is 0 Å². The molecule has 2 heterocycles. The number of hydrogen-bond acceptors (Lipinski definition) is 3. The van der Waals surface area contributed by atoms with E-state index in [1.54, 1.807) is 23.5 Å². The predicted octanol–water partition coefficient (Wildman–Crippen LogP) is 4.69. The largest absolute Gasteiger partial charge is 0.326 e. The molecule has 26 heavy (non-hydrogen) atoms. The smallest absolute Gasteiger partial charge is 0.228 e. The molecular formula is C20H16FN3OS. The molecule has 0 radical (unpaired) electrons. The number of aromatic nitrogens is 2. The average Bonchev–Trinajstić information content (AvgIpc) is 3.14. The Hall–Kier alpha value is -2.99. The number of halogens is 1. The van der Waals surface area contributed by atoms with Gasteiger partial charge in [-0.2, -0.15) is 0 Å². The van der Waals surface area contributed by atoms with Crippen molar-refractivity contribution in [3.63, 3.8) is 0 Å². The summed E-state index contributed by atoms with van der Waals surface area (Å²) in [7, 11) is 0. The molecule has 0 saturated heterocycles. The van der Waals surface area contributed by atoms with Gasteiger partial charge in [0.15, 0.2) is 4.96 Å². The van der Waals surface area contributed by atoms with E-state index in [9.17, 15) is 9.18 Å². The minimum atomic E-state index is -0.308. The number of anilines is 1. The fourth-order valence-corrected chi connectivity index (χ4v) is 3.61. The van der Waals surface area contributed by atoms with E-state index in [-0.39, 0.29) is 18.1 Å². The molecule has 2 aromatic carbocycles. The van der Waals surface area contributed by atoms with E-state index in [0.29, 0.717) is 5.69 Å². The molecule has 0 fully saturated rings. The Kier molecular flexibility index (Phi) is 4.26. The highest BCUT2D eigenvalue weighted by Gasteiger charge is 2.09. The molecule has 0 aliphatic carbocycles. The molecule has 4 aromatic rings. The van der Waals surface area contributed by atoms with E-state index < -0.39 is 0 Å². The number of imidazole rings is 1. The maximum absolute atomic E-state index is 12.9. The van der Waals surface area contributed by atoms with E-state index in [0.717, 1.165) is 21.8 Å². The Morgan fingerprint density at radius 1 is 1.19 bits per heavy atom. The summed E-state index contributed by atoms with van der Waals surface area (Å²) in [6, 6.07) is 13.5. The summed E-state index contributed by atoms with van der Waals surface area (Å²) >= 11 is 1.64. The summed E-state index contributed by atoms with van der Waals surface area (Å²) in [6.07, 6.45) is 4.23. The molecule has 130 valence electrons. The standard InChI is InChI=1S/C20H16FN3OS/c1-13-11-24-12-18(23-20(24)26-13)15-3-2-4-17(10-15)22-19(25)9-14-5-7-16(21)8-6-14/h2-8,10-12H,9H2,1H3,(H,22,25). The summed E-state index contributed by atoms with van der Waals surface area (Å²) in [5, 5.41) is 2.89. The number of aryl methyl sites for hydroxylation is 1. The van der Waals surface area contributed by atoms with Gasteiger partial charge in [-0.05, 0) is 36.8 Å².